The van der Waals surface area contributed by atoms with Gasteiger partial charge in [0.15, 0.2) is 0 Å². The van der Waals surface area contributed by atoms with Crippen LogP contribution in [0.3, 0.4) is 0 Å². The van der Waals surface area contributed by atoms with Crippen molar-refractivity contribution in [1.82, 2.24) is 19.9 Å². The van der Waals surface area contributed by atoms with Gasteiger partial charge < -0.3 is 5.32 Å². The fourth-order valence-electron chi connectivity index (χ4n) is 2.41. The highest BCUT2D eigenvalue weighted by Gasteiger charge is 2.12. The summed E-state index contributed by atoms with van der Waals surface area (Å²) in [5, 5.41) is 4.95. The minimum absolute atomic E-state index is 0.229. The van der Waals surface area contributed by atoms with Gasteiger partial charge in [-0.2, -0.15) is 0 Å². The number of aromatic amines is 1. The standard InChI is InChI=1S/C16H16N4O3S/c1-2-5-20-13-12(15(22)19-16(20)23)7-10(8-17-13)14(21)18-9-11-4-3-6-24-11/h3-4,6-8H,2,5,9H2,1H3,(H,18,21)(H,19,22,23). The number of H-pyrrole nitrogens is 1. The van der Waals surface area contributed by atoms with Crippen molar-refractivity contribution in [1.29, 1.82) is 0 Å². The minimum Gasteiger partial charge on any atom is -0.347 e. The van der Waals surface area contributed by atoms with Crippen LogP contribution in [0.4, 0.5) is 0 Å². The molecule has 8 heteroatoms. The Morgan fingerprint density at radius 3 is 2.96 bits per heavy atom. The van der Waals surface area contributed by atoms with Gasteiger partial charge in [0.2, 0.25) is 0 Å². The van der Waals surface area contributed by atoms with Gasteiger partial charge in [-0.05, 0) is 23.9 Å². The monoisotopic (exact) mass is 344 g/mol. The number of aromatic nitrogens is 3. The molecule has 24 heavy (non-hydrogen) atoms. The minimum atomic E-state index is -0.539. The smallest absolute Gasteiger partial charge is 0.329 e. The number of amides is 1. The number of nitrogens with one attached hydrogen (secondary N) is 2. The Labute approximate surface area is 141 Å². The van der Waals surface area contributed by atoms with Crippen LogP contribution in [-0.2, 0) is 13.1 Å². The van der Waals surface area contributed by atoms with Crippen molar-refractivity contribution in [3.8, 4) is 0 Å². The number of aryl methyl sites for hydroxylation is 1. The van der Waals surface area contributed by atoms with Crippen LogP contribution in [0.2, 0.25) is 0 Å². The molecule has 0 aliphatic carbocycles. The number of hydrogen-bond donors (Lipinski definition) is 2. The van der Waals surface area contributed by atoms with E-state index in [4.69, 9.17) is 0 Å². The van der Waals surface area contributed by atoms with Crippen LogP contribution in [0.25, 0.3) is 11.0 Å². The van der Waals surface area contributed by atoms with Crippen molar-refractivity contribution in [3.05, 3.63) is 61.1 Å². The number of nitrogens with zero attached hydrogens (tertiary/aromatic N) is 2. The van der Waals surface area contributed by atoms with Crippen molar-refractivity contribution >= 4 is 28.3 Å². The van der Waals surface area contributed by atoms with Crippen molar-refractivity contribution < 1.29 is 4.79 Å². The molecular weight excluding hydrogens is 328 g/mol. The number of hydrogen-bond acceptors (Lipinski definition) is 5. The first-order valence-corrected chi connectivity index (χ1v) is 8.41. The number of rotatable bonds is 5. The van der Waals surface area contributed by atoms with Gasteiger partial charge >= 0.3 is 5.69 Å². The maximum Gasteiger partial charge on any atom is 0.329 e. The summed E-state index contributed by atoms with van der Waals surface area (Å²) in [6.45, 7) is 2.79. The topological polar surface area (TPSA) is 96.9 Å². The van der Waals surface area contributed by atoms with Gasteiger partial charge in [-0.1, -0.05) is 13.0 Å². The first-order valence-electron chi connectivity index (χ1n) is 7.53. The molecule has 0 unspecified atom stereocenters. The molecule has 0 spiro atoms. The van der Waals surface area contributed by atoms with E-state index in [1.54, 1.807) is 11.3 Å². The van der Waals surface area contributed by atoms with E-state index in [1.165, 1.54) is 16.8 Å². The summed E-state index contributed by atoms with van der Waals surface area (Å²) in [7, 11) is 0. The lowest BCUT2D eigenvalue weighted by Crippen LogP contribution is -2.31. The molecule has 0 fully saturated rings. The average molecular weight is 344 g/mol. The summed E-state index contributed by atoms with van der Waals surface area (Å²) in [6.07, 6.45) is 2.11. The Morgan fingerprint density at radius 1 is 1.42 bits per heavy atom. The van der Waals surface area contributed by atoms with E-state index in [1.807, 2.05) is 24.4 Å². The molecule has 2 N–H and O–H groups in total. The fraction of sp³-hybridized carbons (Fsp3) is 0.250. The third-order valence-electron chi connectivity index (χ3n) is 3.55. The van der Waals surface area contributed by atoms with Crippen LogP contribution in [0, 0.1) is 0 Å². The highest BCUT2D eigenvalue weighted by molar-refractivity contribution is 7.09. The van der Waals surface area contributed by atoms with Gasteiger partial charge in [-0.15, -0.1) is 11.3 Å². The molecule has 3 aromatic heterocycles. The third kappa shape index (κ3) is 3.13. The average Bonchev–Trinajstić information content (AvgIpc) is 3.09. The molecule has 3 heterocycles. The van der Waals surface area contributed by atoms with E-state index in [0.29, 0.717) is 18.7 Å². The van der Waals surface area contributed by atoms with Gasteiger partial charge in [0.1, 0.15) is 5.65 Å². The number of fused-ring (bicyclic) bond motifs is 1. The number of carbonyl (C=O) groups is 1. The zero-order valence-electron chi connectivity index (χ0n) is 13.0. The van der Waals surface area contributed by atoms with Crippen LogP contribution in [-0.4, -0.2) is 20.4 Å². The van der Waals surface area contributed by atoms with Gasteiger partial charge in [0.05, 0.1) is 17.5 Å². The Morgan fingerprint density at radius 2 is 2.25 bits per heavy atom. The molecule has 3 aromatic rings. The van der Waals surface area contributed by atoms with E-state index in [0.717, 1.165) is 11.3 Å². The van der Waals surface area contributed by atoms with Crippen LogP contribution in [0.1, 0.15) is 28.6 Å². The van der Waals surface area contributed by atoms with Gasteiger partial charge in [-0.25, -0.2) is 9.78 Å². The third-order valence-corrected chi connectivity index (χ3v) is 4.42. The second-order valence-electron chi connectivity index (χ2n) is 5.27. The lowest BCUT2D eigenvalue weighted by atomic mass is 10.2. The lowest BCUT2D eigenvalue weighted by molar-refractivity contribution is 0.0951. The van der Waals surface area contributed by atoms with E-state index >= 15 is 0 Å². The number of pyridine rings is 1. The highest BCUT2D eigenvalue weighted by atomic mass is 32.1. The van der Waals surface area contributed by atoms with Crippen LogP contribution >= 0.6 is 11.3 Å². The summed E-state index contributed by atoms with van der Waals surface area (Å²) < 4.78 is 1.41. The highest BCUT2D eigenvalue weighted by Crippen LogP contribution is 2.10. The van der Waals surface area contributed by atoms with Crippen molar-refractivity contribution in [2.45, 2.75) is 26.4 Å². The zero-order valence-corrected chi connectivity index (χ0v) is 13.9. The first-order chi connectivity index (χ1) is 11.6. The number of carbonyl (C=O) groups excluding carboxylic acids is 1. The van der Waals surface area contributed by atoms with Crippen molar-refractivity contribution in [2.24, 2.45) is 0 Å². The van der Waals surface area contributed by atoms with Crippen molar-refractivity contribution in [3.63, 3.8) is 0 Å². The van der Waals surface area contributed by atoms with Gasteiger partial charge in [-0.3, -0.25) is 19.1 Å². The summed E-state index contributed by atoms with van der Waals surface area (Å²) in [4.78, 5) is 43.6. The lowest BCUT2D eigenvalue weighted by Gasteiger charge is -2.08. The first kappa shape index (κ1) is 16.1. The van der Waals surface area contributed by atoms with Gasteiger partial charge in [0.25, 0.3) is 11.5 Å². The molecule has 0 bridgehead atoms. The quantitative estimate of drug-likeness (QED) is 0.733. The molecule has 0 saturated heterocycles. The Balaban J connectivity index is 1.94. The molecule has 0 saturated carbocycles. The molecule has 7 nitrogen and oxygen atoms in total. The van der Waals surface area contributed by atoms with E-state index < -0.39 is 11.2 Å². The molecule has 124 valence electrons. The summed E-state index contributed by atoms with van der Waals surface area (Å²) in [6, 6.07) is 5.31. The summed E-state index contributed by atoms with van der Waals surface area (Å²) in [5.41, 5.74) is -0.453. The molecule has 1 amide bonds. The maximum absolute atomic E-state index is 12.2. The largest absolute Gasteiger partial charge is 0.347 e. The van der Waals surface area contributed by atoms with Crippen LogP contribution in [0.5, 0.6) is 0 Å². The Hall–Kier alpha value is -2.74. The van der Waals surface area contributed by atoms with Crippen molar-refractivity contribution in [2.75, 3.05) is 0 Å². The van der Waals surface area contributed by atoms with Crippen LogP contribution in [0.15, 0.2) is 39.4 Å². The maximum atomic E-state index is 12.2. The second kappa shape index (κ2) is 6.79. The molecule has 0 atom stereocenters. The second-order valence-corrected chi connectivity index (χ2v) is 6.30. The fourth-order valence-corrected chi connectivity index (χ4v) is 3.05. The molecule has 0 aromatic carbocycles. The molecule has 0 radical (unpaired) electrons. The predicted octanol–water partition coefficient (Wildman–Crippen LogP) is 1.49. The predicted molar refractivity (Wildman–Crippen MR) is 92.4 cm³/mol. The van der Waals surface area contributed by atoms with E-state index in [2.05, 4.69) is 15.3 Å². The summed E-state index contributed by atoms with van der Waals surface area (Å²) >= 11 is 1.55. The SMILES string of the molecule is CCCn1c(=O)[nH]c(=O)c2cc(C(=O)NCc3cccs3)cnc21. The van der Waals surface area contributed by atoms with Crippen LogP contribution < -0.4 is 16.6 Å². The zero-order chi connectivity index (χ0) is 17.1. The normalized spacial score (nSPS) is 10.9. The molecule has 3 rings (SSSR count). The summed E-state index contributed by atoms with van der Waals surface area (Å²) in [5.74, 6) is -0.314. The number of thiophene rings is 1. The molecule has 0 aliphatic heterocycles. The molecular formula is C16H16N4O3S. The van der Waals surface area contributed by atoms with E-state index in [-0.39, 0.29) is 16.9 Å². The Bertz CT molecular complexity index is 989. The van der Waals surface area contributed by atoms with Gasteiger partial charge in [0, 0.05) is 17.6 Å². The molecule has 0 aliphatic rings. The van der Waals surface area contributed by atoms with E-state index in [9.17, 15) is 14.4 Å². The Kier molecular flexibility index (Phi) is 4.57.